The van der Waals surface area contributed by atoms with Crippen molar-refractivity contribution >= 4 is 21.8 Å². The first-order valence-corrected chi connectivity index (χ1v) is 5.00. The molecule has 0 heterocycles. The van der Waals surface area contributed by atoms with Gasteiger partial charge in [0.25, 0.3) is 0 Å². The molecule has 1 aromatic rings. The van der Waals surface area contributed by atoms with Gasteiger partial charge in [-0.15, -0.1) is 0 Å². The molecule has 0 aromatic heterocycles. The summed E-state index contributed by atoms with van der Waals surface area (Å²) in [6.07, 6.45) is 0. The monoisotopic (exact) mass is 364 g/mol. The molecule has 0 aliphatic rings. The first kappa shape index (κ1) is 26.0. The molecule has 1 rings (SSSR count). The normalized spacial score (nSPS) is 10.6. The maximum atomic E-state index is 9.75. The molecule has 0 radical (unpaired) electrons. The highest BCUT2D eigenvalue weighted by atomic mass is 19.5. The molecule has 0 spiro atoms. The average molecular weight is 364 g/mol. The van der Waals surface area contributed by atoms with Gasteiger partial charge in [-0.25, -0.2) is 0 Å². The summed E-state index contributed by atoms with van der Waals surface area (Å²) in [5, 5.41) is 8.29. The minimum atomic E-state index is -6.00. The van der Waals surface area contributed by atoms with Crippen LogP contribution in [0, 0.1) is 11.3 Å². The summed E-state index contributed by atoms with van der Waals surface area (Å²) in [4.78, 5) is 0. The molecular formula is C7H5B3F12N-3. The van der Waals surface area contributed by atoms with E-state index in [9.17, 15) is 51.8 Å². The van der Waals surface area contributed by atoms with Crippen LogP contribution in [0.1, 0.15) is 5.56 Å². The lowest BCUT2D eigenvalue weighted by molar-refractivity contribution is 0.366. The third kappa shape index (κ3) is 101. The second-order valence-corrected chi connectivity index (χ2v) is 2.96. The van der Waals surface area contributed by atoms with Crippen LogP contribution in [0.2, 0.25) is 0 Å². The Kier molecular flexibility index (Phi) is 13.1. The van der Waals surface area contributed by atoms with Crippen molar-refractivity contribution < 1.29 is 51.8 Å². The van der Waals surface area contributed by atoms with E-state index in [0.29, 0.717) is 5.56 Å². The summed E-state index contributed by atoms with van der Waals surface area (Å²) in [6.45, 7) is 0. The molecule has 0 N–H and O–H groups in total. The van der Waals surface area contributed by atoms with Gasteiger partial charge in [-0.05, 0) is 12.1 Å². The topological polar surface area (TPSA) is 23.8 Å². The summed E-state index contributed by atoms with van der Waals surface area (Å²) in [6, 6.07) is 11.2. The number of rotatable bonds is 0. The van der Waals surface area contributed by atoms with Gasteiger partial charge in [0.1, 0.15) is 0 Å². The summed E-state index contributed by atoms with van der Waals surface area (Å²) >= 11 is 0. The molecule has 1 aromatic carbocycles. The van der Waals surface area contributed by atoms with Crippen LogP contribution in [0.15, 0.2) is 30.3 Å². The maximum absolute atomic E-state index is 9.75. The predicted molar refractivity (Wildman–Crippen MR) is 61.7 cm³/mol. The second kappa shape index (κ2) is 11.6. The van der Waals surface area contributed by atoms with Crippen molar-refractivity contribution in [3.05, 3.63) is 35.9 Å². The Morgan fingerprint density at radius 1 is 0.565 bits per heavy atom. The molecular weight excluding hydrogens is 358 g/mol. The van der Waals surface area contributed by atoms with Crippen LogP contribution in [0.3, 0.4) is 0 Å². The second-order valence-electron chi connectivity index (χ2n) is 2.96. The Hall–Kier alpha value is -1.94. The van der Waals surface area contributed by atoms with Gasteiger partial charge in [0.15, 0.2) is 0 Å². The number of nitrogens with zero attached hydrogens (tertiary/aromatic N) is 1. The fraction of sp³-hybridized carbons (Fsp3) is 0. The lowest BCUT2D eigenvalue weighted by Crippen LogP contribution is -2.02. The average Bonchev–Trinajstić information content (AvgIpc) is 2.23. The summed E-state index contributed by atoms with van der Waals surface area (Å²) in [5.74, 6) is 0. The van der Waals surface area contributed by atoms with E-state index in [1.165, 1.54) is 0 Å². The summed E-state index contributed by atoms with van der Waals surface area (Å²) in [7, 11) is -18.0. The van der Waals surface area contributed by atoms with Crippen molar-refractivity contribution in [1.82, 2.24) is 0 Å². The fourth-order valence-electron chi connectivity index (χ4n) is 0.513. The standard InChI is InChI=1S/C7H5N.3BF4/c8-6-7-4-2-1-3-5-7;3*2-1(3,4)5/h1-5H;;;/q;3*-1. The number of hydrogen-bond acceptors (Lipinski definition) is 1. The van der Waals surface area contributed by atoms with E-state index in [2.05, 4.69) is 0 Å². The van der Waals surface area contributed by atoms with E-state index in [4.69, 9.17) is 5.26 Å². The first-order chi connectivity index (χ1) is 9.93. The lowest BCUT2D eigenvalue weighted by Gasteiger charge is -1.94. The summed E-state index contributed by atoms with van der Waals surface area (Å²) in [5.41, 5.74) is 0.715. The Labute approximate surface area is 122 Å². The van der Waals surface area contributed by atoms with Crippen LogP contribution >= 0.6 is 0 Å². The highest BCUT2D eigenvalue weighted by molar-refractivity contribution is 6.50. The molecule has 0 atom stereocenters. The quantitative estimate of drug-likeness (QED) is 0.444. The zero-order valence-electron chi connectivity index (χ0n) is 10.6. The Bertz CT molecular complexity index is 387. The number of halogens is 12. The SMILES string of the molecule is F[B-](F)(F)F.F[B-](F)(F)F.F[B-](F)(F)F.N#Cc1ccccc1. The largest absolute Gasteiger partial charge is 0.673 e. The number of nitriles is 1. The molecule has 134 valence electrons. The Morgan fingerprint density at radius 3 is 0.913 bits per heavy atom. The molecule has 16 heteroatoms. The first-order valence-electron chi connectivity index (χ1n) is 5.00. The van der Waals surface area contributed by atoms with Crippen LogP contribution in [0.5, 0.6) is 0 Å². The highest BCUT2D eigenvalue weighted by Crippen LogP contribution is 2.07. The van der Waals surface area contributed by atoms with Gasteiger partial charge in [-0.1, -0.05) is 18.2 Å². The Morgan fingerprint density at radius 2 is 0.783 bits per heavy atom. The van der Waals surface area contributed by atoms with E-state index in [1.807, 2.05) is 24.3 Å². The van der Waals surface area contributed by atoms with Crippen LogP contribution in [-0.4, -0.2) is 21.8 Å². The lowest BCUT2D eigenvalue weighted by atomic mass is 10.2. The number of benzene rings is 1. The van der Waals surface area contributed by atoms with Gasteiger partial charge in [0.05, 0.1) is 11.6 Å². The van der Waals surface area contributed by atoms with Crippen LogP contribution < -0.4 is 0 Å². The highest BCUT2D eigenvalue weighted by Gasteiger charge is 2.21. The molecule has 0 bridgehead atoms. The molecule has 0 aliphatic heterocycles. The van der Waals surface area contributed by atoms with Crippen molar-refractivity contribution in [3.8, 4) is 6.07 Å². The molecule has 0 amide bonds. The molecule has 0 aliphatic carbocycles. The van der Waals surface area contributed by atoms with E-state index >= 15 is 0 Å². The van der Waals surface area contributed by atoms with Gasteiger partial charge in [0, 0.05) is 0 Å². The van der Waals surface area contributed by atoms with Crippen molar-refractivity contribution in [1.29, 1.82) is 5.26 Å². The van der Waals surface area contributed by atoms with E-state index < -0.39 is 21.8 Å². The minimum Gasteiger partial charge on any atom is -0.418 e. The predicted octanol–water partition coefficient (Wildman–Crippen LogP) is 5.46. The van der Waals surface area contributed by atoms with Gasteiger partial charge in [0.2, 0.25) is 0 Å². The third-order valence-corrected chi connectivity index (χ3v) is 0.903. The molecule has 0 saturated carbocycles. The molecule has 0 saturated heterocycles. The van der Waals surface area contributed by atoms with Crippen molar-refractivity contribution in [2.24, 2.45) is 0 Å². The smallest absolute Gasteiger partial charge is 0.418 e. The van der Waals surface area contributed by atoms with Gasteiger partial charge >= 0.3 is 21.8 Å². The summed E-state index contributed by atoms with van der Waals surface area (Å²) < 4.78 is 117. The zero-order valence-corrected chi connectivity index (χ0v) is 10.6. The van der Waals surface area contributed by atoms with Crippen LogP contribution in [0.4, 0.5) is 51.8 Å². The molecule has 0 fully saturated rings. The van der Waals surface area contributed by atoms with Crippen molar-refractivity contribution in [2.45, 2.75) is 0 Å². The zero-order chi connectivity index (χ0) is 19.3. The van der Waals surface area contributed by atoms with Crippen molar-refractivity contribution in [3.63, 3.8) is 0 Å². The molecule has 23 heavy (non-hydrogen) atoms. The van der Waals surface area contributed by atoms with Gasteiger partial charge < -0.3 is 51.8 Å². The fourth-order valence-corrected chi connectivity index (χ4v) is 0.513. The van der Waals surface area contributed by atoms with Gasteiger partial charge in [-0.3, -0.25) is 0 Å². The van der Waals surface area contributed by atoms with Crippen molar-refractivity contribution in [2.75, 3.05) is 0 Å². The maximum Gasteiger partial charge on any atom is 0.673 e. The molecule has 1 nitrogen and oxygen atoms in total. The van der Waals surface area contributed by atoms with E-state index in [1.54, 1.807) is 12.1 Å². The minimum absolute atomic E-state index is 0.715. The Balaban J connectivity index is -0.000000240. The van der Waals surface area contributed by atoms with E-state index in [-0.39, 0.29) is 0 Å². The third-order valence-electron chi connectivity index (χ3n) is 0.903. The number of hydrogen-bond donors (Lipinski definition) is 0. The van der Waals surface area contributed by atoms with Gasteiger partial charge in [-0.2, -0.15) is 5.26 Å². The van der Waals surface area contributed by atoms with Crippen LogP contribution in [0.25, 0.3) is 0 Å². The van der Waals surface area contributed by atoms with E-state index in [0.717, 1.165) is 0 Å². The molecule has 0 unspecified atom stereocenters. The van der Waals surface area contributed by atoms with Crippen LogP contribution in [-0.2, 0) is 0 Å².